The van der Waals surface area contributed by atoms with Crippen molar-refractivity contribution in [2.45, 2.75) is 4.90 Å². The van der Waals surface area contributed by atoms with Gasteiger partial charge in [-0.05, 0) is 36.4 Å². The molecule has 1 N–H and O–H groups in total. The minimum Gasteiger partial charge on any atom is -0.277 e. The summed E-state index contributed by atoms with van der Waals surface area (Å²) in [5, 5.41) is 0.191. The molecule has 0 amide bonds. The number of hydrogen-bond acceptors (Lipinski definition) is 2. The quantitative estimate of drug-likeness (QED) is 0.917. The Bertz CT molecular complexity index is 766. The molecule has 20 heavy (non-hydrogen) atoms. The molecular weight excluding hydrogens is 331 g/mol. The van der Waals surface area contributed by atoms with E-state index in [1.165, 1.54) is 12.1 Å². The molecule has 0 aliphatic heterocycles. The van der Waals surface area contributed by atoms with Gasteiger partial charge in [0, 0.05) is 10.0 Å². The molecule has 0 aromatic heterocycles. The van der Waals surface area contributed by atoms with Crippen LogP contribution in [-0.2, 0) is 10.0 Å². The van der Waals surface area contributed by atoms with Crippen molar-refractivity contribution in [3.8, 4) is 0 Å². The molecule has 0 atom stereocenters. The van der Waals surface area contributed by atoms with Crippen LogP contribution in [0.25, 0.3) is 0 Å². The first kappa shape index (κ1) is 15.0. The van der Waals surface area contributed by atoms with Crippen molar-refractivity contribution in [1.29, 1.82) is 0 Å². The standard InChI is InChI=1S/C12H7Cl2F2NO2S/c13-7-2-4-12(10(16)5-7)20(18,19)17-11-6-8(14)1-3-9(11)15/h1-6,17H. The highest BCUT2D eigenvalue weighted by atomic mass is 35.5. The Labute approximate surface area is 124 Å². The fourth-order valence-electron chi connectivity index (χ4n) is 1.47. The Hall–Kier alpha value is -1.37. The Morgan fingerprint density at radius 1 is 0.900 bits per heavy atom. The van der Waals surface area contributed by atoms with Crippen LogP contribution in [0.2, 0.25) is 10.0 Å². The summed E-state index contributed by atoms with van der Waals surface area (Å²) < 4.78 is 53.0. The molecule has 0 bridgehead atoms. The smallest absolute Gasteiger partial charge is 0.264 e. The first-order chi connectivity index (χ1) is 9.29. The number of benzene rings is 2. The van der Waals surface area contributed by atoms with Gasteiger partial charge in [0.05, 0.1) is 5.69 Å². The third-order valence-electron chi connectivity index (χ3n) is 2.36. The van der Waals surface area contributed by atoms with E-state index in [-0.39, 0.29) is 15.7 Å². The van der Waals surface area contributed by atoms with Gasteiger partial charge in [0.25, 0.3) is 10.0 Å². The van der Waals surface area contributed by atoms with Crippen LogP contribution in [0.1, 0.15) is 0 Å². The molecule has 3 nitrogen and oxygen atoms in total. The van der Waals surface area contributed by atoms with Gasteiger partial charge in [0.2, 0.25) is 0 Å². The van der Waals surface area contributed by atoms with E-state index >= 15 is 0 Å². The summed E-state index contributed by atoms with van der Waals surface area (Å²) in [5.41, 5.74) is -0.369. The van der Waals surface area contributed by atoms with E-state index in [0.29, 0.717) is 0 Å². The van der Waals surface area contributed by atoms with Gasteiger partial charge in [0.15, 0.2) is 0 Å². The van der Waals surface area contributed by atoms with Crippen LogP contribution in [0.4, 0.5) is 14.5 Å². The predicted molar refractivity (Wildman–Crippen MR) is 73.6 cm³/mol. The molecule has 0 fully saturated rings. The van der Waals surface area contributed by atoms with Gasteiger partial charge >= 0.3 is 0 Å². The lowest BCUT2D eigenvalue weighted by atomic mass is 10.3. The van der Waals surface area contributed by atoms with Crippen LogP contribution in [0, 0.1) is 11.6 Å². The Kier molecular flexibility index (Phi) is 4.17. The summed E-state index contributed by atoms with van der Waals surface area (Å²) >= 11 is 11.2. The second-order valence-corrected chi connectivity index (χ2v) is 6.33. The lowest BCUT2D eigenvalue weighted by Crippen LogP contribution is -2.15. The van der Waals surface area contributed by atoms with Crippen LogP contribution >= 0.6 is 23.2 Å². The largest absolute Gasteiger partial charge is 0.277 e. The zero-order valence-electron chi connectivity index (χ0n) is 9.70. The fraction of sp³-hybridized carbons (Fsp3) is 0. The fourth-order valence-corrected chi connectivity index (χ4v) is 2.92. The second-order valence-electron chi connectivity index (χ2n) is 3.80. The van der Waals surface area contributed by atoms with Gasteiger partial charge in [0.1, 0.15) is 16.5 Å². The molecule has 2 aromatic rings. The monoisotopic (exact) mass is 337 g/mol. The van der Waals surface area contributed by atoms with Crippen LogP contribution in [-0.4, -0.2) is 8.42 Å². The zero-order valence-corrected chi connectivity index (χ0v) is 12.0. The van der Waals surface area contributed by atoms with Crippen molar-refractivity contribution in [3.63, 3.8) is 0 Å². The Balaban J connectivity index is 2.43. The van der Waals surface area contributed by atoms with Gasteiger partial charge in [-0.1, -0.05) is 23.2 Å². The van der Waals surface area contributed by atoms with Crippen molar-refractivity contribution in [1.82, 2.24) is 0 Å². The number of rotatable bonds is 3. The summed E-state index contributed by atoms with van der Waals surface area (Å²) in [4.78, 5) is -0.638. The number of halogens is 4. The normalized spacial score (nSPS) is 11.4. The predicted octanol–water partition coefficient (Wildman–Crippen LogP) is 4.07. The summed E-state index contributed by atoms with van der Waals surface area (Å²) in [5.74, 6) is -1.86. The SMILES string of the molecule is O=S(=O)(Nc1cc(Cl)ccc1F)c1ccc(Cl)cc1F. The minimum absolute atomic E-state index is 0.0513. The van der Waals surface area contributed by atoms with Gasteiger partial charge in [-0.3, -0.25) is 4.72 Å². The summed E-state index contributed by atoms with van der Waals surface area (Å²) in [6.45, 7) is 0. The molecule has 0 aliphatic carbocycles. The number of hydrogen-bond donors (Lipinski definition) is 1. The van der Waals surface area contributed by atoms with Gasteiger partial charge in [-0.15, -0.1) is 0 Å². The molecule has 0 aliphatic rings. The maximum Gasteiger partial charge on any atom is 0.264 e. The van der Waals surface area contributed by atoms with Crippen LogP contribution < -0.4 is 4.72 Å². The third kappa shape index (κ3) is 3.20. The maximum absolute atomic E-state index is 13.6. The van der Waals surface area contributed by atoms with E-state index in [9.17, 15) is 17.2 Å². The maximum atomic E-state index is 13.6. The number of anilines is 1. The van der Waals surface area contributed by atoms with E-state index < -0.39 is 26.6 Å². The van der Waals surface area contributed by atoms with Crippen LogP contribution in [0.15, 0.2) is 41.3 Å². The molecule has 0 spiro atoms. The average molecular weight is 338 g/mol. The van der Waals surface area contributed by atoms with Crippen molar-refractivity contribution in [3.05, 3.63) is 58.1 Å². The second kappa shape index (κ2) is 5.55. The summed E-state index contributed by atoms with van der Waals surface area (Å²) in [7, 11) is -4.28. The molecule has 2 aromatic carbocycles. The van der Waals surface area contributed by atoms with E-state index in [4.69, 9.17) is 23.2 Å². The first-order valence-electron chi connectivity index (χ1n) is 5.22. The summed E-state index contributed by atoms with van der Waals surface area (Å²) in [6.07, 6.45) is 0. The van der Waals surface area contributed by atoms with Crippen molar-refractivity contribution < 1.29 is 17.2 Å². The van der Waals surface area contributed by atoms with Crippen molar-refractivity contribution in [2.75, 3.05) is 4.72 Å². The lowest BCUT2D eigenvalue weighted by Gasteiger charge is -2.10. The highest BCUT2D eigenvalue weighted by molar-refractivity contribution is 7.92. The number of sulfonamides is 1. The lowest BCUT2D eigenvalue weighted by molar-refractivity contribution is 0.569. The number of nitrogens with one attached hydrogen (secondary N) is 1. The molecule has 0 saturated heterocycles. The van der Waals surface area contributed by atoms with E-state index in [0.717, 1.165) is 24.3 Å². The molecule has 2 rings (SSSR count). The van der Waals surface area contributed by atoms with E-state index in [1.54, 1.807) is 0 Å². The molecule has 0 radical (unpaired) electrons. The van der Waals surface area contributed by atoms with Crippen molar-refractivity contribution >= 4 is 38.9 Å². The Morgan fingerprint density at radius 3 is 2.15 bits per heavy atom. The molecule has 106 valence electrons. The minimum atomic E-state index is -4.28. The molecule has 0 heterocycles. The zero-order chi connectivity index (χ0) is 14.9. The van der Waals surface area contributed by atoms with Crippen molar-refractivity contribution in [2.24, 2.45) is 0 Å². The highest BCUT2D eigenvalue weighted by Crippen LogP contribution is 2.25. The third-order valence-corrected chi connectivity index (χ3v) is 4.23. The molecular formula is C12H7Cl2F2NO2S. The van der Waals surface area contributed by atoms with E-state index in [2.05, 4.69) is 0 Å². The highest BCUT2D eigenvalue weighted by Gasteiger charge is 2.20. The molecule has 0 saturated carbocycles. The average Bonchev–Trinajstić information content (AvgIpc) is 2.33. The molecule has 0 unspecified atom stereocenters. The van der Waals surface area contributed by atoms with Gasteiger partial charge in [-0.2, -0.15) is 0 Å². The first-order valence-corrected chi connectivity index (χ1v) is 7.46. The molecule has 8 heteroatoms. The van der Waals surface area contributed by atoms with Crippen LogP contribution in [0.3, 0.4) is 0 Å². The van der Waals surface area contributed by atoms with Crippen LogP contribution in [0.5, 0.6) is 0 Å². The topological polar surface area (TPSA) is 46.2 Å². The van der Waals surface area contributed by atoms with Gasteiger partial charge < -0.3 is 0 Å². The summed E-state index contributed by atoms with van der Waals surface area (Å²) in [6, 6.07) is 6.40. The van der Waals surface area contributed by atoms with E-state index in [1.807, 2.05) is 4.72 Å². The Morgan fingerprint density at radius 2 is 1.50 bits per heavy atom. The van der Waals surface area contributed by atoms with Gasteiger partial charge in [-0.25, -0.2) is 17.2 Å².